The minimum absolute atomic E-state index is 0.345. The lowest BCUT2D eigenvalue weighted by Crippen LogP contribution is -2.31. The maximum absolute atomic E-state index is 10.5. The number of unbranched alkanes of at least 4 members (excludes halogenated alkanes) is 24. The first-order chi connectivity index (χ1) is 23.1. The molecule has 0 radical (unpaired) electrons. The molecule has 0 aliphatic carbocycles. The minimum atomic E-state index is -1.42. The first-order valence-electron chi connectivity index (χ1n) is 19.2. The lowest BCUT2D eigenvalue weighted by Gasteiger charge is -2.13. The summed E-state index contributed by atoms with van der Waals surface area (Å²) in [4.78, 5) is 31.1. The predicted molar refractivity (Wildman–Crippen MR) is 191 cm³/mol. The molecule has 0 unspecified atom stereocenters. The van der Waals surface area contributed by atoms with Gasteiger partial charge >= 0.3 is 17.9 Å². The zero-order valence-corrected chi connectivity index (χ0v) is 30.5. The van der Waals surface area contributed by atoms with Crippen molar-refractivity contribution in [3.05, 3.63) is 11.5 Å². The molecular weight excluding hydrogens is 616 g/mol. The molecule has 0 amide bonds. The molecule has 10 heteroatoms. The summed E-state index contributed by atoms with van der Waals surface area (Å²) in [5.74, 6) is -4.09. The van der Waals surface area contributed by atoms with E-state index in [4.69, 9.17) is 30.6 Å². The molecule has 48 heavy (non-hydrogen) atoms. The van der Waals surface area contributed by atoms with Gasteiger partial charge in [-0.2, -0.15) is 0 Å². The summed E-state index contributed by atoms with van der Waals surface area (Å²) in [6.07, 6.45) is 31.8. The number of esters is 1. The van der Waals surface area contributed by atoms with Crippen molar-refractivity contribution in [2.75, 3.05) is 6.61 Å². The van der Waals surface area contributed by atoms with Crippen molar-refractivity contribution >= 4 is 17.9 Å². The van der Waals surface area contributed by atoms with E-state index in [9.17, 15) is 14.4 Å². The van der Waals surface area contributed by atoms with Gasteiger partial charge in [0.05, 0.1) is 6.61 Å². The van der Waals surface area contributed by atoms with E-state index in [1.165, 1.54) is 141 Å². The van der Waals surface area contributed by atoms with E-state index in [-0.39, 0.29) is 0 Å². The maximum Gasteiger partial charge on any atom is 0.377 e. The summed E-state index contributed by atoms with van der Waals surface area (Å²) in [5, 5.41) is 52.0. The lowest BCUT2D eigenvalue weighted by molar-refractivity contribution is -0.147. The van der Waals surface area contributed by atoms with E-state index >= 15 is 0 Å². The molecule has 0 aromatic heterocycles. The highest BCUT2D eigenvalue weighted by Crippen LogP contribution is 2.21. The van der Waals surface area contributed by atoms with Gasteiger partial charge in [-0.25, -0.2) is 4.79 Å². The second kappa shape index (κ2) is 36.0. The fourth-order valence-electron chi connectivity index (χ4n) is 5.41. The Hall–Kier alpha value is -2.33. The summed E-state index contributed by atoms with van der Waals surface area (Å²) < 4.78 is 4.32. The van der Waals surface area contributed by atoms with E-state index in [0.717, 1.165) is 25.7 Å². The van der Waals surface area contributed by atoms with Crippen molar-refractivity contribution in [3.63, 3.8) is 0 Å². The molecule has 284 valence electrons. The van der Waals surface area contributed by atoms with Gasteiger partial charge in [0.15, 0.2) is 11.9 Å². The number of aliphatic hydroxyl groups excluding tert-OH is 4. The van der Waals surface area contributed by atoms with Crippen molar-refractivity contribution in [2.24, 2.45) is 0 Å². The minimum Gasteiger partial charge on any atom is -0.505 e. The zero-order chi connectivity index (χ0) is 36.3. The molecule has 1 rings (SSSR count). The highest BCUT2D eigenvalue weighted by Gasteiger charge is 2.38. The summed E-state index contributed by atoms with van der Waals surface area (Å²) >= 11 is 0. The van der Waals surface area contributed by atoms with Crippen LogP contribution in [-0.4, -0.2) is 67.4 Å². The van der Waals surface area contributed by atoms with E-state index in [1.54, 1.807) is 0 Å². The number of rotatable bonds is 30. The average molecular weight is 689 g/mol. The third-order valence-corrected chi connectivity index (χ3v) is 8.46. The largest absolute Gasteiger partial charge is 0.505 e. The van der Waals surface area contributed by atoms with Gasteiger partial charge < -0.3 is 35.4 Å². The van der Waals surface area contributed by atoms with Crippen molar-refractivity contribution < 1.29 is 49.8 Å². The first kappa shape index (κ1) is 47.8. The van der Waals surface area contributed by atoms with Crippen molar-refractivity contribution in [1.29, 1.82) is 0 Å². The average Bonchev–Trinajstić information content (AvgIpc) is 3.32. The topological polar surface area (TPSA) is 182 Å². The van der Waals surface area contributed by atoms with Gasteiger partial charge in [-0.3, -0.25) is 9.59 Å². The number of carboxylic acid groups (broad SMARTS) is 2. The number of aliphatic hydroxyl groups is 4. The van der Waals surface area contributed by atoms with Gasteiger partial charge in [-0.15, -0.1) is 0 Å². The van der Waals surface area contributed by atoms with Gasteiger partial charge in [0, 0.05) is 12.8 Å². The second-order valence-corrected chi connectivity index (χ2v) is 13.1. The van der Waals surface area contributed by atoms with E-state index in [2.05, 4.69) is 18.6 Å². The SMILES string of the molecule is CCCCCCCCCCCCCCCC(=O)O.CCCCCCCCCCCCCCCC(=O)O.O=C1O[C@H]([C@@H](O)CO)C(O)=C1O. The van der Waals surface area contributed by atoms with Gasteiger partial charge in [-0.1, -0.05) is 168 Å². The highest BCUT2D eigenvalue weighted by molar-refractivity contribution is 5.89. The van der Waals surface area contributed by atoms with Crippen LogP contribution in [0.15, 0.2) is 11.5 Å². The van der Waals surface area contributed by atoms with Crippen LogP contribution in [0.2, 0.25) is 0 Å². The molecule has 0 bridgehead atoms. The Bertz CT molecular complexity index is 758. The summed E-state index contributed by atoms with van der Waals surface area (Å²) in [6, 6.07) is 0. The van der Waals surface area contributed by atoms with Crippen molar-refractivity contribution in [3.8, 4) is 0 Å². The molecular formula is C38H72O10. The number of hydrogen-bond donors (Lipinski definition) is 6. The van der Waals surface area contributed by atoms with Gasteiger partial charge in [0.2, 0.25) is 5.76 Å². The van der Waals surface area contributed by atoms with Crippen LogP contribution in [0.1, 0.15) is 194 Å². The third-order valence-electron chi connectivity index (χ3n) is 8.46. The van der Waals surface area contributed by atoms with Crippen molar-refractivity contribution in [2.45, 2.75) is 206 Å². The Balaban J connectivity index is 0. The number of carboxylic acids is 2. The third kappa shape index (κ3) is 32.2. The normalized spacial score (nSPS) is 14.5. The van der Waals surface area contributed by atoms with Gasteiger partial charge in [0.25, 0.3) is 0 Å². The van der Waals surface area contributed by atoms with Crippen molar-refractivity contribution in [1.82, 2.24) is 0 Å². The molecule has 1 heterocycles. The van der Waals surface area contributed by atoms with Gasteiger partial charge in [-0.05, 0) is 12.8 Å². The Morgan fingerprint density at radius 1 is 0.562 bits per heavy atom. The number of carbonyl (C=O) groups is 3. The summed E-state index contributed by atoms with van der Waals surface area (Å²) in [6.45, 7) is 3.85. The second-order valence-electron chi connectivity index (χ2n) is 13.1. The molecule has 10 nitrogen and oxygen atoms in total. The quantitative estimate of drug-likeness (QED) is 0.0314. The van der Waals surface area contributed by atoms with Crippen LogP contribution in [0.3, 0.4) is 0 Å². The van der Waals surface area contributed by atoms with Gasteiger partial charge in [0.1, 0.15) is 6.10 Å². The molecule has 2 atom stereocenters. The van der Waals surface area contributed by atoms with E-state index in [0.29, 0.717) is 12.8 Å². The van der Waals surface area contributed by atoms with E-state index < -0.39 is 48.2 Å². The van der Waals surface area contributed by atoms with Crippen LogP contribution in [0.5, 0.6) is 0 Å². The fraction of sp³-hybridized carbons (Fsp3) is 0.868. The summed E-state index contributed by atoms with van der Waals surface area (Å²) in [7, 11) is 0. The Labute approximate surface area is 291 Å². The fourth-order valence-corrected chi connectivity index (χ4v) is 5.41. The number of cyclic esters (lactones) is 1. The number of carbonyl (C=O) groups excluding carboxylic acids is 1. The molecule has 0 aromatic carbocycles. The number of hydrogen-bond acceptors (Lipinski definition) is 8. The maximum atomic E-state index is 10.5. The number of aliphatic carboxylic acids is 2. The molecule has 1 aliphatic rings. The summed E-state index contributed by atoms with van der Waals surface area (Å²) in [5.41, 5.74) is 0. The lowest BCUT2D eigenvalue weighted by atomic mass is 10.0. The molecule has 0 spiro atoms. The Morgan fingerprint density at radius 3 is 1.04 bits per heavy atom. The monoisotopic (exact) mass is 689 g/mol. The van der Waals surface area contributed by atoms with Crippen LogP contribution >= 0.6 is 0 Å². The molecule has 0 saturated carbocycles. The zero-order valence-electron chi connectivity index (χ0n) is 30.5. The molecule has 0 fully saturated rings. The number of ether oxygens (including phenoxy) is 1. The predicted octanol–water partition coefficient (Wildman–Crippen LogP) is 9.70. The Morgan fingerprint density at radius 2 is 0.833 bits per heavy atom. The molecule has 6 N–H and O–H groups in total. The molecule has 0 aromatic rings. The van der Waals surface area contributed by atoms with Crippen LogP contribution in [0.4, 0.5) is 0 Å². The smallest absolute Gasteiger partial charge is 0.377 e. The Kier molecular flexibility index (Phi) is 35.8. The standard InChI is InChI=1S/2C16H32O2.C6H8O6/c2*1-2-3-4-5-6-7-8-9-10-11-12-13-14-15-16(17)18;7-1-2(8)5-3(9)4(10)6(11)12-5/h2*2-15H2,1H3,(H,17,18);2,5,7-10H,1H2/t;;2-,5+/m..0/s1. The van der Waals surface area contributed by atoms with E-state index in [1.807, 2.05) is 0 Å². The highest BCUT2D eigenvalue weighted by atomic mass is 16.6. The van der Waals surface area contributed by atoms with Crippen LogP contribution < -0.4 is 0 Å². The molecule has 0 saturated heterocycles. The van der Waals surface area contributed by atoms with Crippen LogP contribution in [-0.2, 0) is 19.1 Å². The first-order valence-corrected chi connectivity index (χ1v) is 19.2. The molecule has 1 aliphatic heterocycles. The van der Waals surface area contributed by atoms with Crippen LogP contribution in [0, 0.1) is 0 Å². The van der Waals surface area contributed by atoms with Crippen LogP contribution in [0.25, 0.3) is 0 Å².